The molecule has 0 atom stereocenters. The molecule has 64 heavy (non-hydrogen) atoms. The number of hydrogen-bond acceptors (Lipinski definition) is 6. The maximum atomic E-state index is 6.58. The van der Waals surface area contributed by atoms with Gasteiger partial charge >= 0.3 is 42.1 Å². The van der Waals surface area contributed by atoms with Crippen LogP contribution in [0.1, 0.15) is 25.3 Å². The zero-order valence-electron chi connectivity index (χ0n) is 34.2. The molecule has 11 heteroatoms. The molecule has 0 saturated carbocycles. The number of hydrogen-bond donors (Lipinski definition) is 0. The minimum atomic E-state index is 0. The standard InChI is InChI=1S/C53H33N7O2.2Pt/c1-33(2)34-31-56-53(57-32-34)60-49-29-37(61-35-17-21-41-39-11-3-5-13-45(39)58(47(41)27-35)51-15-7-9-25-54-51)19-23-43(49)44-24-20-38(30-50(44)60)62-36-18-22-42-40-12-4-6-14-46(40)59(48(42)28-36)52-16-8-10-26-55-52;;/h3-26,31-33H,1-2H3;;/q-4;2*+2. The van der Waals surface area contributed by atoms with Crippen molar-refractivity contribution in [1.82, 2.24) is 33.6 Å². The molecular weight excluding hydrogens is 1160 g/mol. The maximum absolute atomic E-state index is 6.58. The van der Waals surface area contributed by atoms with Gasteiger partial charge in [0.05, 0.1) is 0 Å². The molecule has 9 nitrogen and oxygen atoms in total. The predicted octanol–water partition coefficient (Wildman–Crippen LogP) is 12.5. The fourth-order valence-corrected chi connectivity index (χ4v) is 8.44. The first-order valence-electron chi connectivity index (χ1n) is 20.4. The van der Waals surface area contributed by atoms with Gasteiger partial charge in [-0.25, -0.2) is 19.9 Å². The molecule has 0 bridgehead atoms. The summed E-state index contributed by atoms with van der Waals surface area (Å²) in [7, 11) is 0. The molecule has 312 valence electrons. The van der Waals surface area contributed by atoms with Gasteiger partial charge in [-0.2, -0.15) is 35.0 Å². The first-order valence-corrected chi connectivity index (χ1v) is 20.4. The Balaban J connectivity index is 0.00000242. The van der Waals surface area contributed by atoms with Crippen molar-refractivity contribution in [2.45, 2.75) is 19.8 Å². The van der Waals surface area contributed by atoms with Crippen LogP contribution in [-0.2, 0) is 42.1 Å². The monoisotopic (exact) mass is 1190 g/mol. The van der Waals surface area contributed by atoms with Crippen LogP contribution in [-0.4, -0.2) is 33.6 Å². The molecule has 6 heterocycles. The number of nitrogens with zero attached hydrogens (tertiary/aromatic N) is 7. The van der Waals surface area contributed by atoms with Crippen LogP contribution >= 0.6 is 0 Å². The molecule has 0 amide bonds. The van der Waals surface area contributed by atoms with Gasteiger partial charge in [0.15, 0.2) is 0 Å². The minimum Gasteiger partial charge on any atom is -0.509 e. The average molecular weight is 1190 g/mol. The molecule has 6 aromatic heterocycles. The first kappa shape index (κ1) is 41.1. The van der Waals surface area contributed by atoms with Crippen LogP contribution in [0.2, 0.25) is 0 Å². The van der Waals surface area contributed by atoms with Gasteiger partial charge in [-0.1, -0.05) is 84.4 Å². The van der Waals surface area contributed by atoms with Gasteiger partial charge in [0, 0.05) is 58.8 Å². The fraction of sp³-hybridized carbons (Fsp3) is 0.0566. The van der Waals surface area contributed by atoms with Crippen LogP contribution in [0.25, 0.3) is 83.0 Å². The van der Waals surface area contributed by atoms with Crippen molar-refractivity contribution in [2.75, 3.05) is 0 Å². The molecule has 0 aliphatic rings. The van der Waals surface area contributed by atoms with Crippen LogP contribution < -0.4 is 9.47 Å². The number of benzene rings is 6. The van der Waals surface area contributed by atoms with E-state index in [2.05, 4.69) is 93.6 Å². The molecule has 6 aromatic carbocycles. The molecule has 0 aliphatic heterocycles. The number of fused-ring (bicyclic) bond motifs is 9. The number of pyridine rings is 2. The topological polar surface area (TPSA) is 84.8 Å². The molecule has 0 aliphatic carbocycles. The second-order valence-corrected chi connectivity index (χ2v) is 15.4. The van der Waals surface area contributed by atoms with Gasteiger partial charge < -0.3 is 23.2 Å². The van der Waals surface area contributed by atoms with E-state index >= 15 is 0 Å². The Morgan fingerprint density at radius 2 is 0.781 bits per heavy atom. The number of aromatic nitrogens is 7. The van der Waals surface area contributed by atoms with Crippen LogP contribution in [0.5, 0.6) is 23.0 Å². The molecule has 12 aromatic rings. The minimum absolute atomic E-state index is 0. The summed E-state index contributed by atoms with van der Waals surface area (Å²) >= 11 is 0. The second kappa shape index (κ2) is 16.7. The van der Waals surface area contributed by atoms with E-state index in [1.165, 1.54) is 0 Å². The third-order valence-corrected chi connectivity index (χ3v) is 11.4. The third kappa shape index (κ3) is 6.87. The number of para-hydroxylation sites is 2. The molecule has 0 radical (unpaired) electrons. The third-order valence-electron chi connectivity index (χ3n) is 11.4. The van der Waals surface area contributed by atoms with Gasteiger partial charge in [-0.3, -0.25) is 0 Å². The van der Waals surface area contributed by atoms with Gasteiger partial charge in [0.1, 0.15) is 11.6 Å². The smallest absolute Gasteiger partial charge is 0.509 e. The Morgan fingerprint density at radius 3 is 1.17 bits per heavy atom. The van der Waals surface area contributed by atoms with Crippen LogP contribution in [0.4, 0.5) is 0 Å². The zero-order valence-corrected chi connectivity index (χ0v) is 38.7. The van der Waals surface area contributed by atoms with E-state index in [9.17, 15) is 0 Å². The fourth-order valence-electron chi connectivity index (χ4n) is 8.44. The molecule has 0 fully saturated rings. The predicted molar refractivity (Wildman–Crippen MR) is 243 cm³/mol. The van der Waals surface area contributed by atoms with Crippen molar-refractivity contribution < 1.29 is 51.6 Å². The maximum Gasteiger partial charge on any atom is 2.00 e. The summed E-state index contributed by atoms with van der Waals surface area (Å²) in [6, 6.07) is 58.6. The summed E-state index contributed by atoms with van der Waals surface area (Å²) < 4.78 is 19.3. The van der Waals surface area contributed by atoms with E-state index in [4.69, 9.17) is 19.4 Å². The van der Waals surface area contributed by atoms with Gasteiger partial charge in [-0.15, -0.1) is 59.3 Å². The summed E-state index contributed by atoms with van der Waals surface area (Å²) in [4.78, 5) is 19.1. The Hall–Kier alpha value is -6.92. The normalized spacial score (nSPS) is 11.5. The van der Waals surface area contributed by atoms with Crippen molar-refractivity contribution in [1.29, 1.82) is 0 Å². The summed E-state index contributed by atoms with van der Waals surface area (Å²) in [5.41, 5.74) is 6.33. The first-order chi connectivity index (χ1) is 30.6. The van der Waals surface area contributed by atoms with E-state index < -0.39 is 0 Å². The van der Waals surface area contributed by atoms with E-state index in [1.54, 1.807) is 12.4 Å². The Kier molecular flexibility index (Phi) is 10.7. The summed E-state index contributed by atoms with van der Waals surface area (Å²) in [6.07, 6.45) is 7.35. The quantitative estimate of drug-likeness (QED) is 0.141. The van der Waals surface area contributed by atoms with E-state index in [1.807, 2.05) is 114 Å². The van der Waals surface area contributed by atoms with Crippen molar-refractivity contribution in [3.63, 3.8) is 0 Å². The molecule has 0 N–H and O–H groups in total. The van der Waals surface area contributed by atoms with Crippen LogP contribution in [0.3, 0.4) is 0 Å². The Labute approximate surface area is 396 Å². The van der Waals surface area contributed by atoms with Gasteiger partial charge in [0.25, 0.3) is 0 Å². The number of rotatable bonds is 8. The van der Waals surface area contributed by atoms with Gasteiger partial charge in [-0.05, 0) is 58.7 Å². The summed E-state index contributed by atoms with van der Waals surface area (Å²) in [5.74, 6) is 4.49. The van der Waals surface area contributed by atoms with E-state index in [0.717, 1.165) is 82.6 Å². The SMILES string of the molecule is CC(C)c1cnc(-n2c3[c-]c(Oc4[c-]c5c(cc4)c4ccccc4n5-c4ccccn4)ccc3c3ccc(Oc4[c-]c5c(cc4)c4ccccc4n5-c4ccccn4)[c-]c32)nc1.[Pt+2].[Pt+2]. The molecule has 0 spiro atoms. The Morgan fingerprint density at radius 1 is 0.406 bits per heavy atom. The van der Waals surface area contributed by atoms with Crippen molar-refractivity contribution in [3.05, 3.63) is 188 Å². The molecule has 12 rings (SSSR count). The molecule has 0 saturated heterocycles. The van der Waals surface area contributed by atoms with Gasteiger partial charge in [0.2, 0.25) is 5.95 Å². The second-order valence-electron chi connectivity index (χ2n) is 15.4. The summed E-state index contributed by atoms with van der Waals surface area (Å²) in [6.45, 7) is 4.25. The largest absolute Gasteiger partial charge is 2.00 e. The molecule has 0 unspecified atom stereocenters. The zero-order chi connectivity index (χ0) is 41.3. The Bertz CT molecular complexity index is 3460. The van der Waals surface area contributed by atoms with Crippen LogP contribution in [0.15, 0.2) is 158 Å². The van der Waals surface area contributed by atoms with Crippen molar-refractivity contribution >= 4 is 65.4 Å². The van der Waals surface area contributed by atoms with E-state index in [0.29, 0.717) is 28.9 Å². The number of ether oxygens (including phenoxy) is 2. The summed E-state index contributed by atoms with van der Waals surface area (Å²) in [5, 5.41) is 6.22. The van der Waals surface area contributed by atoms with Crippen molar-refractivity contribution in [3.8, 4) is 40.6 Å². The van der Waals surface area contributed by atoms with E-state index in [-0.39, 0.29) is 48.0 Å². The molecular formula is C53H33N7O2Pt2. The van der Waals surface area contributed by atoms with Crippen LogP contribution in [0, 0.1) is 24.3 Å². The average Bonchev–Trinajstić information content (AvgIpc) is 3.94. The van der Waals surface area contributed by atoms with Crippen molar-refractivity contribution in [2.24, 2.45) is 0 Å².